The van der Waals surface area contributed by atoms with Crippen molar-refractivity contribution in [1.29, 1.82) is 0 Å². The number of aliphatic hydroxyl groups is 1. The third-order valence-corrected chi connectivity index (χ3v) is 6.59. The zero-order valence-electron chi connectivity index (χ0n) is 16.2. The number of amides is 1. The van der Waals surface area contributed by atoms with Crippen LogP contribution in [0.4, 0.5) is 0 Å². The normalized spacial score (nSPS) is 26.9. The van der Waals surface area contributed by atoms with Crippen molar-refractivity contribution in [3.63, 3.8) is 0 Å². The molecule has 3 aromatic heterocycles. The quantitative estimate of drug-likeness (QED) is 0.757. The summed E-state index contributed by atoms with van der Waals surface area (Å²) in [5, 5.41) is 16.8. The molecule has 2 aliphatic rings. The van der Waals surface area contributed by atoms with Crippen LogP contribution in [-0.2, 0) is 13.6 Å². The number of hydrogen-bond acceptors (Lipinski definition) is 4. The lowest BCUT2D eigenvalue weighted by Crippen LogP contribution is -2.54. The second-order valence-electron chi connectivity index (χ2n) is 8.38. The maximum atomic E-state index is 13.2. The van der Waals surface area contributed by atoms with Crippen LogP contribution in [0.15, 0.2) is 36.9 Å². The Balaban J connectivity index is 1.39. The summed E-state index contributed by atoms with van der Waals surface area (Å²) in [6, 6.07) is 4.20. The Bertz CT molecular complexity index is 1040. The van der Waals surface area contributed by atoms with Gasteiger partial charge in [-0.2, -0.15) is 5.10 Å². The van der Waals surface area contributed by atoms with Gasteiger partial charge in [0, 0.05) is 42.6 Å². The van der Waals surface area contributed by atoms with Crippen LogP contribution in [0.3, 0.4) is 0 Å². The van der Waals surface area contributed by atoms with E-state index in [0.29, 0.717) is 24.9 Å². The first-order valence-electron chi connectivity index (χ1n) is 9.88. The maximum Gasteiger partial charge on any atom is 0.257 e. The molecule has 1 amide bonds. The molecule has 0 radical (unpaired) electrons. The van der Waals surface area contributed by atoms with Gasteiger partial charge in [0.1, 0.15) is 0 Å². The molecule has 2 atom stereocenters. The fourth-order valence-electron chi connectivity index (χ4n) is 5.11. The first-order valence-corrected chi connectivity index (χ1v) is 9.88. The Labute approximate surface area is 163 Å². The third-order valence-electron chi connectivity index (χ3n) is 6.59. The predicted octanol–water partition coefficient (Wildman–Crippen LogP) is 2.28. The molecule has 28 heavy (non-hydrogen) atoms. The average molecular weight is 379 g/mol. The molecule has 7 nitrogen and oxygen atoms in total. The van der Waals surface area contributed by atoms with Gasteiger partial charge in [0.25, 0.3) is 5.91 Å². The van der Waals surface area contributed by atoms with Gasteiger partial charge in [0.15, 0.2) is 0 Å². The summed E-state index contributed by atoms with van der Waals surface area (Å²) in [7, 11) is 1.85. The Morgan fingerprint density at radius 1 is 1.25 bits per heavy atom. The lowest BCUT2D eigenvalue weighted by atomic mass is 9.85. The second-order valence-corrected chi connectivity index (χ2v) is 8.38. The minimum atomic E-state index is -0.811. The third kappa shape index (κ3) is 2.64. The molecule has 5 rings (SSSR count). The topological polar surface area (TPSA) is 76.2 Å². The molecular formula is C21H25N5O2. The Kier molecular flexibility index (Phi) is 3.84. The van der Waals surface area contributed by atoms with Gasteiger partial charge < -0.3 is 14.6 Å². The number of pyridine rings is 1. The van der Waals surface area contributed by atoms with Crippen LogP contribution < -0.4 is 0 Å². The average Bonchev–Trinajstić information content (AvgIpc) is 3.31. The summed E-state index contributed by atoms with van der Waals surface area (Å²) in [6.07, 6.45) is 10.4. The van der Waals surface area contributed by atoms with E-state index < -0.39 is 5.60 Å². The van der Waals surface area contributed by atoms with Gasteiger partial charge in [-0.25, -0.2) is 0 Å². The fourth-order valence-corrected chi connectivity index (χ4v) is 5.11. The van der Waals surface area contributed by atoms with Crippen molar-refractivity contribution in [1.82, 2.24) is 24.2 Å². The van der Waals surface area contributed by atoms with E-state index in [1.807, 2.05) is 37.3 Å². The molecule has 2 bridgehead atoms. The molecule has 2 fully saturated rings. The lowest BCUT2D eigenvalue weighted by Gasteiger charge is -2.44. The van der Waals surface area contributed by atoms with Crippen molar-refractivity contribution in [3.05, 3.63) is 48.2 Å². The van der Waals surface area contributed by atoms with Crippen LogP contribution in [0.2, 0.25) is 0 Å². The molecule has 0 unspecified atom stereocenters. The minimum absolute atomic E-state index is 0.0516. The van der Waals surface area contributed by atoms with Crippen molar-refractivity contribution >= 4 is 16.8 Å². The van der Waals surface area contributed by atoms with Crippen molar-refractivity contribution in [3.8, 4) is 0 Å². The van der Waals surface area contributed by atoms with Gasteiger partial charge in [0.2, 0.25) is 0 Å². The number of piperidine rings is 1. The van der Waals surface area contributed by atoms with Crippen LogP contribution in [0, 0.1) is 6.92 Å². The fraction of sp³-hybridized carbons (Fsp3) is 0.476. The standard InChI is InChI=1S/C21H25N5O2/c1-14-18(11-23-24(14)2)20(27)26-16-3-4-17(26)10-21(28,9-16)13-25-8-6-15-5-7-22-12-19(15)25/h5-8,11-12,16-17,28H,3-4,9-10,13H2,1-2H3/t16-,17-/m1/s1. The molecular weight excluding hydrogens is 354 g/mol. The zero-order chi connectivity index (χ0) is 19.5. The molecule has 2 saturated heterocycles. The van der Waals surface area contributed by atoms with E-state index in [-0.39, 0.29) is 18.0 Å². The van der Waals surface area contributed by atoms with E-state index >= 15 is 0 Å². The highest BCUT2D eigenvalue weighted by molar-refractivity contribution is 5.95. The molecule has 2 aliphatic heterocycles. The SMILES string of the molecule is Cc1c(C(=O)N2[C@@H]3CC[C@@H]2CC(O)(Cn2ccc4ccncc42)C3)cnn1C. The van der Waals surface area contributed by atoms with Crippen LogP contribution in [0.1, 0.15) is 41.7 Å². The summed E-state index contributed by atoms with van der Waals surface area (Å²) >= 11 is 0. The van der Waals surface area contributed by atoms with Gasteiger partial charge in [-0.3, -0.25) is 14.5 Å². The first-order chi connectivity index (χ1) is 13.5. The number of rotatable bonds is 3. The minimum Gasteiger partial charge on any atom is -0.388 e. The number of carbonyl (C=O) groups excluding carboxylic acids is 1. The first kappa shape index (κ1) is 17.4. The molecule has 146 valence electrons. The van der Waals surface area contributed by atoms with Crippen molar-refractivity contribution in [2.24, 2.45) is 7.05 Å². The maximum absolute atomic E-state index is 13.2. The summed E-state index contributed by atoms with van der Waals surface area (Å²) in [5.74, 6) is 0.0516. The largest absolute Gasteiger partial charge is 0.388 e. The number of aromatic nitrogens is 4. The number of carbonyl (C=O) groups is 1. The van der Waals surface area contributed by atoms with E-state index in [1.54, 1.807) is 17.1 Å². The smallest absolute Gasteiger partial charge is 0.257 e. The highest BCUT2D eigenvalue weighted by Crippen LogP contribution is 2.42. The summed E-state index contributed by atoms with van der Waals surface area (Å²) in [6.45, 7) is 2.46. The molecule has 5 heterocycles. The highest BCUT2D eigenvalue weighted by Gasteiger charge is 2.49. The van der Waals surface area contributed by atoms with Crippen LogP contribution in [-0.4, -0.2) is 52.9 Å². The molecule has 0 aromatic carbocycles. The number of nitrogens with zero attached hydrogens (tertiary/aromatic N) is 5. The number of hydrogen-bond donors (Lipinski definition) is 1. The van der Waals surface area contributed by atoms with Crippen LogP contribution in [0.5, 0.6) is 0 Å². The Morgan fingerprint density at radius 3 is 2.68 bits per heavy atom. The molecule has 0 spiro atoms. The van der Waals surface area contributed by atoms with Gasteiger partial charge in [-0.1, -0.05) is 0 Å². The van der Waals surface area contributed by atoms with Gasteiger partial charge >= 0.3 is 0 Å². The van der Waals surface area contributed by atoms with E-state index in [1.165, 1.54) is 0 Å². The van der Waals surface area contributed by atoms with Crippen molar-refractivity contribution in [2.75, 3.05) is 0 Å². The Hall–Kier alpha value is -2.67. The molecule has 0 saturated carbocycles. The molecule has 0 aliphatic carbocycles. The van der Waals surface area contributed by atoms with Crippen molar-refractivity contribution < 1.29 is 9.90 Å². The number of fused-ring (bicyclic) bond motifs is 3. The summed E-state index contributed by atoms with van der Waals surface area (Å²) in [4.78, 5) is 19.4. The van der Waals surface area contributed by atoms with Gasteiger partial charge in [-0.05, 0) is 44.7 Å². The number of aryl methyl sites for hydroxylation is 1. The monoisotopic (exact) mass is 379 g/mol. The lowest BCUT2D eigenvalue weighted by molar-refractivity contribution is -0.0533. The van der Waals surface area contributed by atoms with Crippen LogP contribution >= 0.6 is 0 Å². The van der Waals surface area contributed by atoms with E-state index in [0.717, 1.165) is 29.4 Å². The summed E-state index contributed by atoms with van der Waals surface area (Å²) in [5.41, 5.74) is 1.78. The predicted molar refractivity (Wildman–Crippen MR) is 105 cm³/mol. The second kappa shape index (κ2) is 6.17. The van der Waals surface area contributed by atoms with Gasteiger partial charge in [-0.15, -0.1) is 0 Å². The van der Waals surface area contributed by atoms with E-state index in [9.17, 15) is 9.90 Å². The van der Waals surface area contributed by atoms with E-state index in [4.69, 9.17) is 0 Å². The van der Waals surface area contributed by atoms with Crippen molar-refractivity contribution in [2.45, 2.75) is 56.8 Å². The zero-order valence-corrected chi connectivity index (χ0v) is 16.2. The molecule has 1 N–H and O–H groups in total. The molecule has 7 heteroatoms. The Morgan fingerprint density at radius 2 is 2.00 bits per heavy atom. The molecule has 3 aromatic rings. The van der Waals surface area contributed by atoms with Gasteiger partial charge in [0.05, 0.1) is 35.6 Å². The summed E-state index contributed by atoms with van der Waals surface area (Å²) < 4.78 is 3.82. The van der Waals surface area contributed by atoms with Crippen LogP contribution in [0.25, 0.3) is 10.9 Å². The highest BCUT2D eigenvalue weighted by atomic mass is 16.3. The van der Waals surface area contributed by atoms with E-state index in [2.05, 4.69) is 20.7 Å².